The number of anilines is 2. The van der Waals surface area contributed by atoms with Gasteiger partial charge in [-0.05, 0) is 48.9 Å². The number of benzene rings is 3. The number of fused-ring (bicyclic) bond motifs is 1. The third-order valence-corrected chi connectivity index (χ3v) is 4.67. The van der Waals surface area contributed by atoms with Crippen molar-refractivity contribution in [2.24, 2.45) is 0 Å². The number of hydrogen-bond acceptors (Lipinski definition) is 3. The van der Waals surface area contributed by atoms with Crippen molar-refractivity contribution in [3.05, 3.63) is 89.5 Å². The Morgan fingerprint density at radius 1 is 0.923 bits per heavy atom. The van der Waals surface area contributed by atoms with E-state index >= 15 is 0 Å². The van der Waals surface area contributed by atoms with Gasteiger partial charge in [-0.15, -0.1) is 0 Å². The van der Waals surface area contributed by atoms with Gasteiger partial charge in [0.15, 0.2) is 0 Å². The Morgan fingerprint density at radius 3 is 2.31 bits per heavy atom. The highest BCUT2D eigenvalue weighted by molar-refractivity contribution is 6.12. The molecule has 26 heavy (non-hydrogen) atoms. The summed E-state index contributed by atoms with van der Waals surface area (Å²) < 4.78 is 5.26. The Kier molecular flexibility index (Phi) is 4.09. The molecule has 4 nitrogen and oxygen atoms in total. The molecule has 0 spiro atoms. The normalized spacial score (nSPS) is 16.0. The van der Waals surface area contributed by atoms with Crippen molar-refractivity contribution >= 4 is 17.3 Å². The van der Waals surface area contributed by atoms with Gasteiger partial charge in [0, 0.05) is 11.4 Å². The van der Waals surface area contributed by atoms with Gasteiger partial charge >= 0.3 is 0 Å². The number of methoxy groups -OCH3 is 1. The van der Waals surface area contributed by atoms with Crippen LogP contribution in [0.4, 0.5) is 11.4 Å². The summed E-state index contributed by atoms with van der Waals surface area (Å²) in [7, 11) is 1.65. The Balaban J connectivity index is 1.82. The van der Waals surface area contributed by atoms with Crippen molar-refractivity contribution in [3.8, 4) is 5.75 Å². The lowest BCUT2D eigenvalue weighted by atomic mass is 10.0. The molecule has 1 atom stereocenters. The minimum absolute atomic E-state index is 0.0102. The molecule has 3 aromatic carbocycles. The minimum Gasteiger partial charge on any atom is -0.497 e. The molecule has 0 radical (unpaired) electrons. The zero-order valence-electron chi connectivity index (χ0n) is 14.8. The van der Waals surface area contributed by atoms with E-state index in [0.29, 0.717) is 5.56 Å². The van der Waals surface area contributed by atoms with E-state index in [2.05, 4.69) is 5.32 Å². The number of para-hydroxylation sites is 1. The van der Waals surface area contributed by atoms with Gasteiger partial charge in [0.2, 0.25) is 0 Å². The fourth-order valence-corrected chi connectivity index (χ4v) is 3.24. The lowest BCUT2D eigenvalue weighted by molar-refractivity contribution is 0.0975. The van der Waals surface area contributed by atoms with Crippen LogP contribution in [0.15, 0.2) is 72.8 Å². The van der Waals surface area contributed by atoms with E-state index in [1.165, 1.54) is 0 Å². The first kappa shape index (κ1) is 16.2. The van der Waals surface area contributed by atoms with Crippen molar-refractivity contribution in [2.75, 3.05) is 17.3 Å². The molecule has 0 unspecified atom stereocenters. The van der Waals surface area contributed by atoms with Gasteiger partial charge < -0.3 is 10.1 Å². The molecule has 1 aliphatic rings. The summed E-state index contributed by atoms with van der Waals surface area (Å²) in [5.74, 6) is 0.780. The van der Waals surface area contributed by atoms with Crippen LogP contribution in [0.2, 0.25) is 0 Å². The molecule has 0 aliphatic carbocycles. The first-order chi connectivity index (χ1) is 12.7. The number of ether oxygens (including phenoxy) is 1. The SMILES string of the molecule is COc1ccc([C@H]2Nc3ccccc3C(=O)N2c2ccc(C)cc2)cc1. The van der Waals surface area contributed by atoms with Crippen LogP contribution in [0.1, 0.15) is 27.7 Å². The van der Waals surface area contributed by atoms with Gasteiger partial charge in [0.25, 0.3) is 5.91 Å². The summed E-state index contributed by atoms with van der Waals surface area (Å²) in [6, 6.07) is 23.4. The lowest BCUT2D eigenvalue weighted by Gasteiger charge is -2.38. The standard InChI is InChI=1S/C22H20N2O2/c1-15-7-11-17(12-8-15)24-21(16-9-13-18(26-2)14-10-16)23-20-6-4-3-5-19(20)22(24)25/h3-14,21,23H,1-2H3/t21-/m0/s1. The van der Waals surface area contributed by atoms with Gasteiger partial charge in [-0.25, -0.2) is 0 Å². The predicted octanol–water partition coefficient (Wildman–Crippen LogP) is 4.77. The molecule has 1 N–H and O–H groups in total. The van der Waals surface area contributed by atoms with Crippen LogP contribution < -0.4 is 15.0 Å². The average molecular weight is 344 g/mol. The Bertz CT molecular complexity index is 933. The highest BCUT2D eigenvalue weighted by Crippen LogP contribution is 2.37. The molecule has 4 rings (SSSR count). The van der Waals surface area contributed by atoms with E-state index in [-0.39, 0.29) is 12.1 Å². The number of nitrogens with zero attached hydrogens (tertiary/aromatic N) is 1. The van der Waals surface area contributed by atoms with Crippen LogP contribution in [-0.4, -0.2) is 13.0 Å². The summed E-state index contributed by atoms with van der Waals surface area (Å²) in [5, 5.41) is 3.51. The smallest absolute Gasteiger partial charge is 0.262 e. The quantitative estimate of drug-likeness (QED) is 0.744. The van der Waals surface area contributed by atoms with Gasteiger partial charge in [-0.1, -0.05) is 42.0 Å². The Morgan fingerprint density at radius 2 is 1.62 bits per heavy atom. The van der Waals surface area contributed by atoms with Gasteiger partial charge in [0.05, 0.1) is 12.7 Å². The number of hydrogen-bond donors (Lipinski definition) is 1. The molecule has 0 saturated carbocycles. The van der Waals surface area contributed by atoms with Crippen LogP contribution in [0.5, 0.6) is 5.75 Å². The summed E-state index contributed by atoms with van der Waals surface area (Å²) in [5.41, 5.74) is 4.55. The van der Waals surface area contributed by atoms with Crippen molar-refractivity contribution in [1.82, 2.24) is 0 Å². The van der Waals surface area contributed by atoms with Crippen molar-refractivity contribution in [3.63, 3.8) is 0 Å². The fraction of sp³-hybridized carbons (Fsp3) is 0.136. The first-order valence-corrected chi connectivity index (χ1v) is 8.57. The molecule has 1 aliphatic heterocycles. The molecule has 130 valence electrons. The number of nitrogens with one attached hydrogen (secondary N) is 1. The lowest BCUT2D eigenvalue weighted by Crippen LogP contribution is -2.43. The number of aryl methyl sites for hydroxylation is 1. The second-order valence-electron chi connectivity index (χ2n) is 6.38. The molecule has 0 bridgehead atoms. The second-order valence-corrected chi connectivity index (χ2v) is 6.38. The van der Waals surface area contributed by atoms with Crippen LogP contribution >= 0.6 is 0 Å². The summed E-state index contributed by atoms with van der Waals surface area (Å²) in [6.07, 6.45) is -0.286. The molecular weight excluding hydrogens is 324 g/mol. The first-order valence-electron chi connectivity index (χ1n) is 8.57. The van der Waals surface area contributed by atoms with E-state index in [4.69, 9.17) is 4.74 Å². The average Bonchev–Trinajstić information content (AvgIpc) is 2.69. The molecular formula is C22H20N2O2. The molecule has 4 heteroatoms. The maximum absolute atomic E-state index is 13.3. The molecule has 3 aromatic rings. The van der Waals surface area contributed by atoms with E-state index in [9.17, 15) is 4.79 Å². The van der Waals surface area contributed by atoms with E-state index in [1.54, 1.807) is 7.11 Å². The fourth-order valence-electron chi connectivity index (χ4n) is 3.24. The van der Waals surface area contributed by atoms with Gasteiger partial charge in [-0.2, -0.15) is 0 Å². The van der Waals surface area contributed by atoms with E-state index in [1.807, 2.05) is 84.6 Å². The highest BCUT2D eigenvalue weighted by atomic mass is 16.5. The minimum atomic E-state index is -0.286. The Hall–Kier alpha value is -3.27. The third kappa shape index (κ3) is 2.80. The number of carbonyl (C=O) groups excluding carboxylic acids is 1. The number of rotatable bonds is 3. The maximum Gasteiger partial charge on any atom is 0.262 e. The molecule has 0 aromatic heterocycles. The zero-order valence-corrected chi connectivity index (χ0v) is 14.8. The Labute approximate surface area is 153 Å². The van der Waals surface area contributed by atoms with E-state index in [0.717, 1.165) is 28.3 Å². The van der Waals surface area contributed by atoms with Crippen molar-refractivity contribution in [2.45, 2.75) is 13.1 Å². The predicted molar refractivity (Wildman–Crippen MR) is 104 cm³/mol. The molecule has 1 heterocycles. The summed E-state index contributed by atoms with van der Waals surface area (Å²) in [6.45, 7) is 2.04. The van der Waals surface area contributed by atoms with Gasteiger partial charge in [-0.3, -0.25) is 9.69 Å². The maximum atomic E-state index is 13.3. The highest BCUT2D eigenvalue weighted by Gasteiger charge is 2.33. The van der Waals surface area contributed by atoms with E-state index < -0.39 is 0 Å². The number of carbonyl (C=O) groups is 1. The molecule has 0 saturated heterocycles. The third-order valence-electron chi connectivity index (χ3n) is 4.67. The summed E-state index contributed by atoms with van der Waals surface area (Å²) in [4.78, 5) is 15.1. The summed E-state index contributed by atoms with van der Waals surface area (Å²) >= 11 is 0. The van der Waals surface area contributed by atoms with Crippen LogP contribution in [0.3, 0.4) is 0 Å². The molecule has 0 fully saturated rings. The van der Waals surface area contributed by atoms with Crippen LogP contribution in [0, 0.1) is 6.92 Å². The monoisotopic (exact) mass is 344 g/mol. The van der Waals surface area contributed by atoms with Crippen LogP contribution in [-0.2, 0) is 0 Å². The van der Waals surface area contributed by atoms with Crippen molar-refractivity contribution in [1.29, 1.82) is 0 Å². The van der Waals surface area contributed by atoms with Crippen LogP contribution in [0.25, 0.3) is 0 Å². The van der Waals surface area contributed by atoms with Crippen molar-refractivity contribution < 1.29 is 9.53 Å². The van der Waals surface area contributed by atoms with Gasteiger partial charge in [0.1, 0.15) is 11.9 Å². The second kappa shape index (κ2) is 6.56. The zero-order chi connectivity index (χ0) is 18.1. The number of amides is 1. The largest absolute Gasteiger partial charge is 0.497 e. The topological polar surface area (TPSA) is 41.6 Å². The molecule has 1 amide bonds.